The van der Waals surface area contributed by atoms with E-state index in [2.05, 4.69) is 10.1 Å². The molecular formula is C12H18N4O4. The first-order valence-corrected chi connectivity index (χ1v) is 6.38. The van der Waals surface area contributed by atoms with Gasteiger partial charge in [-0.3, -0.25) is 0 Å². The van der Waals surface area contributed by atoms with Gasteiger partial charge in [-0.2, -0.15) is 0 Å². The quantitative estimate of drug-likeness (QED) is 0.874. The number of carbonyl (C=O) groups excluding carboxylic acids is 1. The molecule has 0 spiro atoms. The fourth-order valence-electron chi connectivity index (χ4n) is 2.00. The number of carboxylic acids is 1. The summed E-state index contributed by atoms with van der Waals surface area (Å²) in [5.41, 5.74) is -0.529. The van der Waals surface area contributed by atoms with Gasteiger partial charge >= 0.3 is 12.1 Å². The van der Waals surface area contributed by atoms with Crippen LogP contribution in [0.1, 0.15) is 43.9 Å². The van der Waals surface area contributed by atoms with Gasteiger partial charge in [0.25, 0.3) is 5.82 Å². The maximum absolute atomic E-state index is 11.9. The van der Waals surface area contributed by atoms with Crippen LogP contribution in [0.4, 0.5) is 4.79 Å². The summed E-state index contributed by atoms with van der Waals surface area (Å²) in [4.78, 5) is 28.0. The van der Waals surface area contributed by atoms with Gasteiger partial charge in [-0.1, -0.05) is 0 Å². The lowest BCUT2D eigenvalue weighted by molar-refractivity contribution is 0.0288. The highest BCUT2D eigenvalue weighted by atomic mass is 16.6. The number of amides is 1. The monoisotopic (exact) mass is 282 g/mol. The molecule has 1 N–H and O–H groups in total. The highest BCUT2D eigenvalue weighted by molar-refractivity contribution is 5.82. The Morgan fingerprint density at radius 2 is 2.15 bits per heavy atom. The third-order valence-corrected chi connectivity index (χ3v) is 2.89. The lowest BCUT2D eigenvalue weighted by atomic mass is 10.2. The largest absolute Gasteiger partial charge is 0.475 e. The molecule has 8 nitrogen and oxygen atoms in total. The molecule has 1 aromatic heterocycles. The first-order chi connectivity index (χ1) is 9.26. The van der Waals surface area contributed by atoms with E-state index in [1.54, 1.807) is 4.90 Å². The second-order valence-corrected chi connectivity index (χ2v) is 5.72. The minimum absolute atomic E-state index is 0.0666. The van der Waals surface area contributed by atoms with Crippen molar-refractivity contribution in [2.45, 2.75) is 38.8 Å². The summed E-state index contributed by atoms with van der Waals surface area (Å²) in [6, 6.07) is -0.0666. The van der Waals surface area contributed by atoms with Crippen LogP contribution in [0.15, 0.2) is 6.33 Å². The third-order valence-electron chi connectivity index (χ3n) is 2.89. The number of aromatic carboxylic acids is 1. The molecule has 1 aliphatic heterocycles. The summed E-state index contributed by atoms with van der Waals surface area (Å²) in [6.07, 6.45) is 1.72. The minimum atomic E-state index is -1.16. The van der Waals surface area contributed by atoms with E-state index in [0.29, 0.717) is 19.5 Å². The number of aromatic nitrogens is 3. The zero-order valence-electron chi connectivity index (χ0n) is 11.7. The highest BCUT2D eigenvalue weighted by Gasteiger charge is 2.31. The standard InChI is InChI=1S/C12H18N4O4/c1-12(2,3)20-11(19)15-5-4-8(6-15)16-7-13-9(14-16)10(17)18/h7-8H,4-6H2,1-3H3,(H,17,18). The normalized spacial score (nSPS) is 19.1. The summed E-state index contributed by atoms with van der Waals surface area (Å²) in [7, 11) is 0. The number of ether oxygens (including phenoxy) is 1. The SMILES string of the molecule is CC(C)(C)OC(=O)N1CCC(n2cnc(C(=O)O)n2)C1. The number of nitrogens with zero attached hydrogens (tertiary/aromatic N) is 4. The van der Waals surface area contributed by atoms with Crippen LogP contribution in [0.5, 0.6) is 0 Å². The summed E-state index contributed by atoms with van der Waals surface area (Å²) < 4.78 is 6.79. The van der Waals surface area contributed by atoms with Crippen molar-refractivity contribution >= 4 is 12.1 Å². The molecule has 20 heavy (non-hydrogen) atoms. The average molecular weight is 282 g/mol. The molecule has 1 atom stereocenters. The molecule has 1 saturated heterocycles. The number of carbonyl (C=O) groups is 2. The van der Waals surface area contributed by atoms with Gasteiger partial charge in [0, 0.05) is 13.1 Å². The molecule has 0 radical (unpaired) electrons. The van der Waals surface area contributed by atoms with Gasteiger partial charge < -0.3 is 14.7 Å². The van der Waals surface area contributed by atoms with Crippen molar-refractivity contribution in [3.8, 4) is 0 Å². The Kier molecular flexibility index (Phi) is 3.65. The van der Waals surface area contributed by atoms with Crippen molar-refractivity contribution in [1.82, 2.24) is 19.7 Å². The Balaban J connectivity index is 1.98. The van der Waals surface area contributed by atoms with Crippen molar-refractivity contribution in [1.29, 1.82) is 0 Å². The molecule has 8 heteroatoms. The molecule has 1 amide bonds. The Hall–Kier alpha value is -2.12. The van der Waals surface area contributed by atoms with E-state index in [1.807, 2.05) is 20.8 Å². The molecule has 110 valence electrons. The number of rotatable bonds is 2. The second kappa shape index (κ2) is 5.10. The number of hydrogen-bond donors (Lipinski definition) is 1. The van der Waals surface area contributed by atoms with E-state index in [4.69, 9.17) is 9.84 Å². The van der Waals surface area contributed by atoms with Crippen LogP contribution in [0.2, 0.25) is 0 Å². The first-order valence-electron chi connectivity index (χ1n) is 6.38. The summed E-state index contributed by atoms with van der Waals surface area (Å²) in [5, 5.41) is 12.7. The van der Waals surface area contributed by atoms with Gasteiger partial charge in [-0.15, -0.1) is 5.10 Å². The van der Waals surface area contributed by atoms with Crippen molar-refractivity contribution in [2.75, 3.05) is 13.1 Å². The van der Waals surface area contributed by atoms with Gasteiger partial charge in [-0.05, 0) is 27.2 Å². The zero-order chi connectivity index (χ0) is 14.9. The van der Waals surface area contributed by atoms with E-state index >= 15 is 0 Å². The second-order valence-electron chi connectivity index (χ2n) is 5.72. The average Bonchev–Trinajstić information content (AvgIpc) is 2.95. The fraction of sp³-hybridized carbons (Fsp3) is 0.667. The number of likely N-dealkylation sites (tertiary alicyclic amines) is 1. The summed E-state index contributed by atoms with van der Waals surface area (Å²) in [5.74, 6) is -1.40. The molecule has 0 aliphatic carbocycles. The van der Waals surface area contributed by atoms with E-state index in [0.717, 1.165) is 0 Å². The topological polar surface area (TPSA) is 97.6 Å². The third kappa shape index (κ3) is 3.25. The molecule has 0 bridgehead atoms. The predicted molar refractivity (Wildman–Crippen MR) is 68.4 cm³/mol. The predicted octanol–water partition coefficient (Wildman–Crippen LogP) is 1.16. The lowest BCUT2D eigenvalue weighted by Gasteiger charge is -2.24. The van der Waals surface area contributed by atoms with Crippen LogP contribution in [0.25, 0.3) is 0 Å². The Labute approximate surface area is 116 Å². The van der Waals surface area contributed by atoms with E-state index in [-0.39, 0.29) is 18.0 Å². The molecule has 1 fully saturated rings. The van der Waals surface area contributed by atoms with Crippen LogP contribution in [-0.2, 0) is 4.74 Å². The molecule has 1 unspecified atom stereocenters. The van der Waals surface area contributed by atoms with Crippen molar-refractivity contribution in [2.24, 2.45) is 0 Å². The van der Waals surface area contributed by atoms with E-state index < -0.39 is 11.6 Å². The maximum Gasteiger partial charge on any atom is 0.410 e. The zero-order valence-corrected chi connectivity index (χ0v) is 11.7. The molecule has 1 aliphatic rings. The van der Waals surface area contributed by atoms with Crippen molar-refractivity contribution < 1.29 is 19.4 Å². The summed E-state index contributed by atoms with van der Waals surface area (Å²) in [6.45, 7) is 6.44. The Morgan fingerprint density at radius 3 is 2.70 bits per heavy atom. The van der Waals surface area contributed by atoms with Crippen LogP contribution in [0, 0.1) is 0 Å². The highest BCUT2D eigenvalue weighted by Crippen LogP contribution is 2.22. The molecule has 1 aromatic rings. The van der Waals surface area contributed by atoms with Crippen LogP contribution in [0.3, 0.4) is 0 Å². The Morgan fingerprint density at radius 1 is 1.45 bits per heavy atom. The van der Waals surface area contributed by atoms with Crippen LogP contribution in [-0.4, -0.2) is 55.5 Å². The molecule has 2 rings (SSSR count). The van der Waals surface area contributed by atoms with Gasteiger partial charge in [0.2, 0.25) is 0 Å². The molecule has 0 saturated carbocycles. The summed E-state index contributed by atoms with van der Waals surface area (Å²) >= 11 is 0. The molecule has 2 heterocycles. The number of hydrogen-bond acceptors (Lipinski definition) is 5. The molecule has 0 aromatic carbocycles. The van der Waals surface area contributed by atoms with E-state index in [1.165, 1.54) is 11.0 Å². The maximum atomic E-state index is 11.9. The Bertz CT molecular complexity index is 520. The van der Waals surface area contributed by atoms with Crippen LogP contribution >= 0.6 is 0 Å². The fourth-order valence-corrected chi connectivity index (χ4v) is 2.00. The van der Waals surface area contributed by atoms with E-state index in [9.17, 15) is 9.59 Å². The molecular weight excluding hydrogens is 264 g/mol. The minimum Gasteiger partial charge on any atom is -0.475 e. The van der Waals surface area contributed by atoms with Gasteiger partial charge in [-0.25, -0.2) is 19.3 Å². The first kappa shape index (κ1) is 14.3. The van der Waals surface area contributed by atoms with Gasteiger partial charge in [0.15, 0.2) is 0 Å². The van der Waals surface area contributed by atoms with Crippen molar-refractivity contribution in [3.63, 3.8) is 0 Å². The van der Waals surface area contributed by atoms with Gasteiger partial charge in [0.05, 0.1) is 6.04 Å². The van der Waals surface area contributed by atoms with Crippen LogP contribution < -0.4 is 0 Å². The van der Waals surface area contributed by atoms with Crippen molar-refractivity contribution in [3.05, 3.63) is 12.2 Å². The van der Waals surface area contributed by atoms with Gasteiger partial charge in [0.1, 0.15) is 11.9 Å². The number of carboxylic acid groups (broad SMARTS) is 1. The lowest BCUT2D eigenvalue weighted by Crippen LogP contribution is -2.35. The smallest absolute Gasteiger partial charge is 0.410 e.